The minimum Gasteiger partial charge on any atom is -0.480 e. The predicted octanol–water partition coefficient (Wildman–Crippen LogP) is -0.814. The number of ketones is 1. The van der Waals surface area contributed by atoms with Gasteiger partial charge in [0, 0.05) is 12.2 Å². The van der Waals surface area contributed by atoms with Gasteiger partial charge in [-0.3, -0.25) is 24.1 Å². The highest BCUT2D eigenvalue weighted by atomic mass is 16.6. The Morgan fingerprint density at radius 3 is 1.98 bits per heavy atom. The van der Waals surface area contributed by atoms with Crippen LogP contribution in [0.3, 0.4) is 0 Å². The number of nitrogens with one attached hydrogen (secondary N) is 1. The van der Waals surface area contributed by atoms with Crippen LogP contribution < -0.4 is 16.8 Å². The molecule has 0 fully saturated rings. The zero-order valence-electron chi connectivity index (χ0n) is 24.2. The second-order valence-electron chi connectivity index (χ2n) is 9.75. The van der Waals surface area contributed by atoms with Crippen molar-refractivity contribution in [3.63, 3.8) is 0 Å². The topological polar surface area (TPSA) is 210 Å². The largest absolute Gasteiger partial charge is 0.480 e. The number of rotatable bonds is 24. The van der Waals surface area contributed by atoms with E-state index >= 15 is 0 Å². The molecule has 14 nitrogen and oxygen atoms in total. The zero-order valence-corrected chi connectivity index (χ0v) is 24.2. The standard InChI is InChI=1S/C29H42N4O10/c30-11-5-4-10-29(31,28(38)39)27(37)23(20-22-6-2-1-3-7-22)32-24(34)21-43-19-18-42-17-16-41-15-14-40-13-12-33-25(35)8-9-26(33)36/h1-3,6-9,23H,4-5,10-21,30-31H2,(H,32,34)(H,38,39)/t23-,29+/m0/s1. The molecule has 0 unspecified atom stereocenters. The zero-order chi connectivity index (χ0) is 31.5. The first-order chi connectivity index (χ1) is 20.7. The van der Waals surface area contributed by atoms with Crippen LogP contribution in [0, 0.1) is 0 Å². The first-order valence-corrected chi connectivity index (χ1v) is 14.1. The van der Waals surface area contributed by atoms with Gasteiger partial charge in [0.05, 0.1) is 58.8 Å². The lowest BCUT2D eigenvalue weighted by atomic mass is 9.83. The molecule has 1 aliphatic rings. The van der Waals surface area contributed by atoms with Crippen molar-refractivity contribution >= 4 is 29.5 Å². The fourth-order valence-electron chi connectivity index (χ4n) is 4.12. The molecule has 43 heavy (non-hydrogen) atoms. The first kappa shape index (κ1) is 35.7. The normalized spacial score (nSPS) is 15.0. The second-order valence-corrected chi connectivity index (χ2v) is 9.75. The molecule has 238 valence electrons. The summed E-state index contributed by atoms with van der Waals surface area (Å²) < 4.78 is 21.5. The van der Waals surface area contributed by atoms with Crippen molar-refractivity contribution in [2.45, 2.75) is 37.3 Å². The van der Waals surface area contributed by atoms with Crippen LogP contribution in [0.25, 0.3) is 0 Å². The number of unbranched alkanes of at least 4 members (excludes halogenated alkanes) is 1. The van der Waals surface area contributed by atoms with Gasteiger partial charge in [0.1, 0.15) is 6.61 Å². The number of carbonyl (C=O) groups is 5. The van der Waals surface area contributed by atoms with Crippen LogP contribution in [-0.2, 0) is 49.3 Å². The Kier molecular flexibility index (Phi) is 16.3. The molecule has 2 rings (SSSR count). The predicted molar refractivity (Wildman–Crippen MR) is 154 cm³/mol. The number of aliphatic carboxylic acids is 1. The number of amides is 3. The van der Waals surface area contributed by atoms with Crippen molar-refractivity contribution in [3.05, 3.63) is 48.0 Å². The van der Waals surface area contributed by atoms with Crippen LogP contribution in [-0.4, -0.2) is 117 Å². The molecule has 0 saturated carbocycles. The molecule has 2 atom stereocenters. The Labute approximate surface area is 250 Å². The third kappa shape index (κ3) is 12.7. The van der Waals surface area contributed by atoms with Crippen molar-refractivity contribution in [2.75, 3.05) is 65.9 Å². The van der Waals surface area contributed by atoms with Crippen LogP contribution in [0.5, 0.6) is 0 Å². The van der Waals surface area contributed by atoms with Gasteiger partial charge in [0.15, 0.2) is 11.3 Å². The SMILES string of the molecule is NCCCC[C@](N)(C(=O)O)C(=O)[C@H](Cc1ccccc1)NC(=O)COCCOCCOCCOCCN1C(=O)C=CC1=O. The number of Topliss-reactive ketones (excluding diaryl/α,β-unsaturated/α-hetero) is 1. The van der Waals surface area contributed by atoms with Crippen LogP contribution in [0.1, 0.15) is 24.8 Å². The lowest BCUT2D eigenvalue weighted by Crippen LogP contribution is -2.62. The summed E-state index contributed by atoms with van der Waals surface area (Å²) >= 11 is 0. The highest BCUT2D eigenvalue weighted by Crippen LogP contribution is 2.18. The van der Waals surface area contributed by atoms with Crippen molar-refractivity contribution in [3.8, 4) is 0 Å². The van der Waals surface area contributed by atoms with Gasteiger partial charge in [-0.15, -0.1) is 0 Å². The summed E-state index contributed by atoms with van der Waals surface area (Å²) in [6.07, 6.45) is 3.26. The maximum absolute atomic E-state index is 13.3. The molecule has 0 aliphatic carbocycles. The van der Waals surface area contributed by atoms with E-state index in [2.05, 4.69) is 5.32 Å². The number of carboxylic acid groups (broad SMARTS) is 1. The van der Waals surface area contributed by atoms with Gasteiger partial charge >= 0.3 is 5.97 Å². The van der Waals surface area contributed by atoms with Crippen molar-refractivity contribution in [1.29, 1.82) is 0 Å². The van der Waals surface area contributed by atoms with E-state index in [9.17, 15) is 29.1 Å². The molecule has 6 N–H and O–H groups in total. The highest BCUT2D eigenvalue weighted by Gasteiger charge is 2.45. The van der Waals surface area contributed by atoms with Gasteiger partial charge < -0.3 is 40.8 Å². The maximum Gasteiger partial charge on any atom is 0.331 e. The van der Waals surface area contributed by atoms with E-state index in [0.29, 0.717) is 39.2 Å². The van der Waals surface area contributed by atoms with Crippen molar-refractivity contribution in [2.24, 2.45) is 11.5 Å². The first-order valence-electron chi connectivity index (χ1n) is 14.1. The lowest BCUT2D eigenvalue weighted by Gasteiger charge is -2.29. The quantitative estimate of drug-likeness (QED) is 0.0647. The molecule has 0 spiro atoms. The van der Waals surface area contributed by atoms with Crippen LogP contribution in [0.2, 0.25) is 0 Å². The van der Waals surface area contributed by atoms with E-state index < -0.39 is 29.2 Å². The van der Waals surface area contributed by atoms with E-state index in [1.807, 2.05) is 0 Å². The molecule has 1 aromatic rings. The fraction of sp³-hybridized carbons (Fsp3) is 0.552. The van der Waals surface area contributed by atoms with E-state index in [4.69, 9.17) is 30.4 Å². The van der Waals surface area contributed by atoms with E-state index in [1.165, 1.54) is 12.2 Å². The van der Waals surface area contributed by atoms with Crippen LogP contribution in [0.15, 0.2) is 42.5 Å². The summed E-state index contributed by atoms with van der Waals surface area (Å²) in [5.74, 6) is -3.55. The number of ether oxygens (including phenoxy) is 4. The average molecular weight is 607 g/mol. The number of imide groups is 1. The monoisotopic (exact) mass is 606 g/mol. The Balaban J connectivity index is 1.64. The molecule has 0 aromatic heterocycles. The van der Waals surface area contributed by atoms with Gasteiger partial charge in [-0.25, -0.2) is 4.79 Å². The second kappa shape index (κ2) is 19.6. The maximum atomic E-state index is 13.3. The molecule has 1 aromatic carbocycles. The average Bonchev–Trinajstić information content (AvgIpc) is 3.31. The van der Waals surface area contributed by atoms with Crippen molar-refractivity contribution < 1.29 is 48.0 Å². The number of hydrogen-bond acceptors (Lipinski definition) is 11. The third-order valence-corrected chi connectivity index (χ3v) is 6.49. The Hall–Kier alpha value is -3.53. The van der Waals surface area contributed by atoms with Gasteiger partial charge in [0.25, 0.3) is 11.8 Å². The number of carboxylic acids is 1. The number of hydrogen-bond donors (Lipinski definition) is 4. The molecule has 1 heterocycles. The number of benzene rings is 1. The van der Waals surface area contributed by atoms with Gasteiger partial charge in [0.2, 0.25) is 5.91 Å². The van der Waals surface area contributed by atoms with Gasteiger partial charge in [-0.05, 0) is 37.8 Å². The van der Waals surface area contributed by atoms with Gasteiger partial charge in [-0.2, -0.15) is 0 Å². The summed E-state index contributed by atoms with van der Waals surface area (Å²) in [5.41, 5.74) is 10.1. The molecule has 3 amide bonds. The van der Waals surface area contributed by atoms with Crippen LogP contribution in [0.4, 0.5) is 0 Å². The summed E-state index contributed by atoms with van der Waals surface area (Å²) in [6, 6.07) is 7.72. The Morgan fingerprint density at radius 2 is 1.42 bits per heavy atom. The summed E-state index contributed by atoms with van der Waals surface area (Å²) in [4.78, 5) is 61.9. The number of nitrogens with two attached hydrogens (primary N) is 2. The molecule has 0 bridgehead atoms. The summed E-state index contributed by atoms with van der Waals surface area (Å²) in [5, 5.41) is 12.3. The minimum atomic E-state index is -2.17. The number of nitrogens with zero attached hydrogens (tertiary/aromatic N) is 1. The third-order valence-electron chi connectivity index (χ3n) is 6.49. The smallest absolute Gasteiger partial charge is 0.331 e. The molecular formula is C29H42N4O10. The molecule has 1 aliphatic heterocycles. The number of carbonyl (C=O) groups excluding carboxylic acids is 4. The van der Waals surface area contributed by atoms with Gasteiger partial charge in [-0.1, -0.05) is 30.3 Å². The lowest BCUT2D eigenvalue weighted by molar-refractivity contribution is -0.150. The Bertz CT molecular complexity index is 1070. The van der Waals surface area contributed by atoms with E-state index in [1.54, 1.807) is 30.3 Å². The summed E-state index contributed by atoms with van der Waals surface area (Å²) in [7, 11) is 0. The van der Waals surface area contributed by atoms with E-state index in [-0.39, 0.29) is 64.2 Å². The highest BCUT2D eigenvalue weighted by molar-refractivity contribution is 6.13. The molecular weight excluding hydrogens is 564 g/mol. The minimum absolute atomic E-state index is 0.0674. The Morgan fingerprint density at radius 1 is 0.860 bits per heavy atom. The van der Waals surface area contributed by atoms with E-state index in [0.717, 1.165) is 10.5 Å². The molecule has 14 heteroatoms. The molecule has 0 saturated heterocycles. The molecule has 0 radical (unpaired) electrons. The van der Waals surface area contributed by atoms with Crippen molar-refractivity contribution in [1.82, 2.24) is 10.2 Å². The van der Waals surface area contributed by atoms with Crippen LogP contribution >= 0.6 is 0 Å². The summed E-state index contributed by atoms with van der Waals surface area (Å²) in [6.45, 7) is 1.85. The fourth-order valence-corrected chi connectivity index (χ4v) is 4.12.